The number of nitrogens with one attached hydrogen (secondary N) is 1. The van der Waals surface area contributed by atoms with Crippen LogP contribution in [0.5, 0.6) is 0 Å². The number of halogens is 4. The standard InChI is InChI=1S/C20H17F4N3O3S2/c1-27(32(29,30)17-7-5-15(21)6-8-17)12-18(28)26-19-25-11-16(31-19)10-13-3-2-4-14(9-13)20(22,23)24/h2-9,11H,10,12H2,1H3,(H,25,26,28). The molecule has 0 spiro atoms. The third kappa shape index (κ3) is 5.90. The zero-order valence-corrected chi connectivity index (χ0v) is 18.2. The Labute approximate surface area is 185 Å². The van der Waals surface area contributed by atoms with Gasteiger partial charge in [-0.3, -0.25) is 4.79 Å². The number of nitrogens with zero attached hydrogens (tertiary/aromatic N) is 2. The van der Waals surface area contributed by atoms with Gasteiger partial charge >= 0.3 is 6.18 Å². The molecule has 32 heavy (non-hydrogen) atoms. The van der Waals surface area contributed by atoms with Gasteiger partial charge in [-0.1, -0.05) is 18.2 Å². The number of carbonyl (C=O) groups is 1. The Morgan fingerprint density at radius 1 is 1.16 bits per heavy atom. The van der Waals surface area contributed by atoms with E-state index >= 15 is 0 Å². The lowest BCUT2D eigenvalue weighted by Crippen LogP contribution is -2.34. The first-order valence-electron chi connectivity index (χ1n) is 9.08. The highest BCUT2D eigenvalue weighted by Gasteiger charge is 2.30. The summed E-state index contributed by atoms with van der Waals surface area (Å²) in [5.74, 6) is -1.24. The highest BCUT2D eigenvalue weighted by molar-refractivity contribution is 7.89. The van der Waals surface area contributed by atoms with Crippen LogP contribution in [-0.4, -0.2) is 37.2 Å². The number of thiazole rings is 1. The van der Waals surface area contributed by atoms with Crippen molar-refractivity contribution < 1.29 is 30.8 Å². The molecule has 0 bridgehead atoms. The summed E-state index contributed by atoms with van der Waals surface area (Å²) in [6.07, 6.45) is -2.82. The van der Waals surface area contributed by atoms with E-state index in [1.165, 1.54) is 19.3 Å². The molecule has 0 radical (unpaired) electrons. The van der Waals surface area contributed by atoms with Crippen molar-refractivity contribution in [3.63, 3.8) is 0 Å². The van der Waals surface area contributed by atoms with Crippen molar-refractivity contribution in [3.05, 3.63) is 76.5 Å². The Morgan fingerprint density at radius 3 is 2.50 bits per heavy atom. The number of benzene rings is 2. The SMILES string of the molecule is CN(CC(=O)Nc1ncc(Cc2cccc(C(F)(F)F)c2)s1)S(=O)(=O)c1ccc(F)cc1. The second kappa shape index (κ2) is 9.35. The van der Waals surface area contributed by atoms with Crippen molar-refractivity contribution >= 4 is 32.4 Å². The minimum absolute atomic E-state index is 0.160. The fraction of sp³-hybridized carbons (Fsp3) is 0.200. The summed E-state index contributed by atoms with van der Waals surface area (Å²) in [6, 6.07) is 9.11. The maximum Gasteiger partial charge on any atom is 0.416 e. The summed E-state index contributed by atoms with van der Waals surface area (Å²) in [7, 11) is -2.79. The maximum absolute atomic E-state index is 13.0. The van der Waals surface area contributed by atoms with E-state index < -0.39 is 40.0 Å². The predicted molar refractivity (Wildman–Crippen MR) is 111 cm³/mol. The first-order valence-corrected chi connectivity index (χ1v) is 11.3. The van der Waals surface area contributed by atoms with Crippen LogP contribution in [0.4, 0.5) is 22.7 Å². The molecule has 0 saturated carbocycles. The fourth-order valence-corrected chi connectivity index (χ4v) is 4.73. The van der Waals surface area contributed by atoms with Gasteiger partial charge in [-0.15, -0.1) is 11.3 Å². The molecule has 0 saturated heterocycles. The molecular formula is C20H17F4N3O3S2. The molecule has 2 aromatic carbocycles. The molecule has 3 aromatic rings. The molecule has 0 atom stereocenters. The molecule has 0 fully saturated rings. The van der Waals surface area contributed by atoms with Gasteiger partial charge in [-0.05, 0) is 35.9 Å². The van der Waals surface area contributed by atoms with Gasteiger partial charge in [-0.25, -0.2) is 17.8 Å². The third-order valence-electron chi connectivity index (χ3n) is 4.32. The van der Waals surface area contributed by atoms with Crippen LogP contribution in [0.1, 0.15) is 16.0 Å². The minimum atomic E-state index is -4.44. The Hall–Kier alpha value is -2.83. The van der Waals surface area contributed by atoms with Crippen LogP contribution < -0.4 is 5.32 Å². The van der Waals surface area contributed by atoms with Crippen molar-refractivity contribution in [1.29, 1.82) is 0 Å². The van der Waals surface area contributed by atoms with E-state index in [9.17, 15) is 30.8 Å². The van der Waals surface area contributed by atoms with Crippen molar-refractivity contribution in [3.8, 4) is 0 Å². The van der Waals surface area contributed by atoms with Gasteiger partial charge in [0.25, 0.3) is 0 Å². The number of anilines is 1. The molecule has 1 heterocycles. The Kier molecular flexibility index (Phi) is 6.96. The van der Waals surface area contributed by atoms with Crippen molar-refractivity contribution in [2.45, 2.75) is 17.5 Å². The van der Waals surface area contributed by atoms with Gasteiger partial charge in [0.05, 0.1) is 17.0 Å². The maximum atomic E-state index is 13.0. The normalized spacial score (nSPS) is 12.2. The van der Waals surface area contributed by atoms with E-state index in [4.69, 9.17) is 0 Å². The van der Waals surface area contributed by atoms with Gasteiger partial charge in [0.1, 0.15) is 5.82 Å². The smallest absolute Gasteiger partial charge is 0.301 e. The van der Waals surface area contributed by atoms with Gasteiger partial charge < -0.3 is 5.32 Å². The zero-order chi connectivity index (χ0) is 23.5. The van der Waals surface area contributed by atoms with Crippen LogP contribution >= 0.6 is 11.3 Å². The molecule has 12 heteroatoms. The average Bonchev–Trinajstić information content (AvgIpc) is 3.14. The molecule has 0 aliphatic carbocycles. The van der Waals surface area contributed by atoms with Crippen LogP contribution in [0, 0.1) is 5.82 Å². The topological polar surface area (TPSA) is 79.4 Å². The number of hydrogen-bond acceptors (Lipinski definition) is 5. The number of alkyl halides is 3. The first-order chi connectivity index (χ1) is 14.9. The number of amides is 1. The van der Waals surface area contributed by atoms with E-state index in [1.807, 2.05) is 0 Å². The molecule has 1 aromatic heterocycles. The molecule has 3 rings (SSSR count). The summed E-state index contributed by atoms with van der Waals surface area (Å²) in [5, 5.41) is 2.65. The number of hydrogen-bond donors (Lipinski definition) is 1. The van der Waals surface area contributed by atoms with Gasteiger partial charge in [0.2, 0.25) is 15.9 Å². The first kappa shape index (κ1) is 23.8. The number of likely N-dealkylation sites (N-methyl/N-ethyl adjacent to an activating group) is 1. The lowest BCUT2D eigenvalue weighted by Gasteiger charge is -2.16. The Morgan fingerprint density at radius 2 is 1.84 bits per heavy atom. The van der Waals surface area contributed by atoms with Crippen LogP contribution in [-0.2, 0) is 27.4 Å². The molecule has 170 valence electrons. The quantitative estimate of drug-likeness (QED) is 0.508. The van der Waals surface area contributed by atoms with Gasteiger partial charge in [-0.2, -0.15) is 17.5 Å². The highest BCUT2D eigenvalue weighted by Crippen LogP contribution is 2.30. The van der Waals surface area contributed by atoms with E-state index in [0.717, 1.165) is 52.0 Å². The third-order valence-corrected chi connectivity index (χ3v) is 7.05. The molecule has 0 aliphatic rings. The van der Waals surface area contributed by atoms with Crippen LogP contribution in [0.3, 0.4) is 0 Å². The average molecular weight is 488 g/mol. The van der Waals surface area contributed by atoms with Gasteiger partial charge in [0.15, 0.2) is 5.13 Å². The lowest BCUT2D eigenvalue weighted by atomic mass is 10.1. The predicted octanol–water partition coefficient (Wildman–Crippen LogP) is 4.15. The molecule has 0 unspecified atom stereocenters. The molecular weight excluding hydrogens is 470 g/mol. The van der Waals surface area contributed by atoms with Crippen LogP contribution in [0.25, 0.3) is 0 Å². The number of sulfonamides is 1. The zero-order valence-electron chi connectivity index (χ0n) is 16.6. The molecule has 1 N–H and O–H groups in total. The van der Waals surface area contributed by atoms with E-state index in [2.05, 4.69) is 10.3 Å². The molecule has 0 aliphatic heterocycles. The van der Waals surface area contributed by atoms with E-state index in [0.29, 0.717) is 10.4 Å². The monoisotopic (exact) mass is 487 g/mol. The molecule has 1 amide bonds. The summed E-state index contributed by atoms with van der Waals surface area (Å²) >= 11 is 1.07. The lowest BCUT2D eigenvalue weighted by molar-refractivity contribution is -0.137. The van der Waals surface area contributed by atoms with E-state index in [-0.39, 0.29) is 16.4 Å². The second-order valence-corrected chi connectivity index (χ2v) is 9.93. The van der Waals surface area contributed by atoms with Crippen LogP contribution in [0.2, 0.25) is 0 Å². The largest absolute Gasteiger partial charge is 0.416 e. The number of carbonyl (C=O) groups excluding carboxylic acids is 1. The van der Waals surface area contributed by atoms with Crippen LogP contribution in [0.15, 0.2) is 59.6 Å². The van der Waals surface area contributed by atoms with Gasteiger partial charge in [0, 0.05) is 24.5 Å². The van der Waals surface area contributed by atoms with Crippen molar-refractivity contribution in [1.82, 2.24) is 9.29 Å². The summed E-state index contributed by atoms with van der Waals surface area (Å²) in [5.41, 5.74) is -0.315. The van der Waals surface area contributed by atoms with Crippen molar-refractivity contribution in [2.75, 3.05) is 18.9 Å². The highest BCUT2D eigenvalue weighted by atomic mass is 32.2. The number of aromatic nitrogens is 1. The minimum Gasteiger partial charge on any atom is -0.301 e. The van der Waals surface area contributed by atoms with E-state index in [1.54, 1.807) is 6.07 Å². The second-order valence-electron chi connectivity index (χ2n) is 6.77. The fourth-order valence-electron chi connectivity index (χ4n) is 2.74. The summed E-state index contributed by atoms with van der Waals surface area (Å²) in [4.78, 5) is 16.7. The summed E-state index contributed by atoms with van der Waals surface area (Å²) in [6.45, 7) is -0.512. The Bertz CT molecular complexity index is 1210. The summed E-state index contributed by atoms with van der Waals surface area (Å²) < 4.78 is 77.3. The van der Waals surface area contributed by atoms with Crippen molar-refractivity contribution in [2.24, 2.45) is 0 Å². The Balaban J connectivity index is 1.61. The number of rotatable bonds is 7. The molecule has 6 nitrogen and oxygen atoms in total.